The van der Waals surface area contributed by atoms with Gasteiger partial charge in [-0.25, -0.2) is 4.57 Å². The number of unbranched alkanes of at least 4 members (excludes halogenated alkanes) is 13. The first-order valence-corrected chi connectivity index (χ1v) is 23.5. The van der Waals surface area contributed by atoms with Crippen molar-refractivity contribution in [2.24, 2.45) is 0 Å². The Morgan fingerprint density at radius 2 is 1.09 bits per heavy atom. The normalized spacial score (nSPS) is 14.7. The molecule has 57 heavy (non-hydrogen) atoms. The number of rotatable bonds is 39. The van der Waals surface area contributed by atoms with Crippen molar-refractivity contribution < 1.29 is 47.2 Å². The second kappa shape index (κ2) is 37.9. The highest BCUT2D eigenvalue weighted by Gasteiger charge is 2.27. The Hall–Kier alpha value is -2.33. The first-order chi connectivity index (χ1) is 27.3. The molecule has 0 heterocycles. The van der Waals surface area contributed by atoms with Gasteiger partial charge < -0.3 is 24.0 Å². The second-order valence-electron chi connectivity index (χ2n) is 16.0. The molecular weight excluding hydrogens is 741 g/mol. The van der Waals surface area contributed by atoms with Crippen molar-refractivity contribution >= 4 is 19.8 Å². The summed E-state index contributed by atoms with van der Waals surface area (Å²) in [7, 11) is 1.42. The number of quaternary nitrogens is 1. The zero-order valence-electron chi connectivity index (χ0n) is 36.7. The molecule has 0 aromatic carbocycles. The van der Waals surface area contributed by atoms with E-state index in [0.29, 0.717) is 23.9 Å². The van der Waals surface area contributed by atoms with Crippen LogP contribution in [0, 0.1) is 0 Å². The topological polar surface area (TPSA) is 129 Å². The monoisotopic (exact) mass is 825 g/mol. The molecule has 0 aliphatic heterocycles. The van der Waals surface area contributed by atoms with Gasteiger partial charge in [0.15, 0.2) is 6.10 Å². The van der Waals surface area contributed by atoms with Crippen LogP contribution < -0.4 is 0 Å². The number of aliphatic hydroxyl groups is 1. The van der Waals surface area contributed by atoms with Crippen molar-refractivity contribution in [3.63, 3.8) is 0 Å². The zero-order valence-corrected chi connectivity index (χ0v) is 37.6. The van der Waals surface area contributed by atoms with E-state index in [1.807, 2.05) is 34.1 Å². The Morgan fingerprint density at radius 3 is 1.65 bits per heavy atom. The molecule has 0 aliphatic carbocycles. The summed E-state index contributed by atoms with van der Waals surface area (Å²) < 4.78 is 34.2. The van der Waals surface area contributed by atoms with E-state index in [-0.39, 0.29) is 32.2 Å². The number of esters is 2. The van der Waals surface area contributed by atoms with Crippen LogP contribution >= 0.6 is 7.82 Å². The largest absolute Gasteiger partial charge is 0.472 e. The van der Waals surface area contributed by atoms with Gasteiger partial charge >= 0.3 is 19.8 Å². The minimum Gasteiger partial charge on any atom is -0.462 e. The highest BCUT2D eigenvalue weighted by Crippen LogP contribution is 2.43. The summed E-state index contributed by atoms with van der Waals surface area (Å²) in [5.74, 6) is -0.895. The Labute approximate surface area is 348 Å². The van der Waals surface area contributed by atoms with Crippen LogP contribution in [0.1, 0.15) is 162 Å². The Bertz CT molecular complexity index is 1170. The third kappa shape index (κ3) is 43.1. The van der Waals surface area contributed by atoms with Crippen LogP contribution in [0.2, 0.25) is 0 Å². The highest BCUT2D eigenvalue weighted by molar-refractivity contribution is 7.47. The van der Waals surface area contributed by atoms with Gasteiger partial charge in [-0.15, -0.1) is 0 Å². The number of phosphoric ester groups is 1. The lowest BCUT2D eigenvalue weighted by molar-refractivity contribution is -0.870. The van der Waals surface area contributed by atoms with Crippen LogP contribution in [0.5, 0.6) is 0 Å². The minimum absolute atomic E-state index is 0.0140. The third-order valence-corrected chi connectivity index (χ3v) is 10.0. The van der Waals surface area contributed by atoms with Crippen LogP contribution in [-0.2, 0) is 32.7 Å². The van der Waals surface area contributed by atoms with Crippen LogP contribution in [0.4, 0.5) is 0 Å². The van der Waals surface area contributed by atoms with E-state index in [9.17, 15) is 24.2 Å². The van der Waals surface area contributed by atoms with Crippen LogP contribution in [0.25, 0.3) is 0 Å². The highest BCUT2D eigenvalue weighted by atomic mass is 31.2. The predicted octanol–water partition coefficient (Wildman–Crippen LogP) is 11.4. The summed E-state index contributed by atoms with van der Waals surface area (Å²) in [5.41, 5.74) is 0. The maximum absolute atomic E-state index is 12.7. The summed E-state index contributed by atoms with van der Waals surface area (Å²) in [5, 5.41) is 9.27. The molecule has 0 aromatic heterocycles. The molecule has 0 aliphatic rings. The Kier molecular flexibility index (Phi) is 36.4. The molecule has 0 spiro atoms. The number of nitrogens with zero attached hydrogens (tertiary/aromatic N) is 1. The molecule has 0 radical (unpaired) electrons. The summed E-state index contributed by atoms with van der Waals surface area (Å²) in [6, 6.07) is 0. The summed E-state index contributed by atoms with van der Waals surface area (Å²) in [6.45, 7) is 3.87. The maximum Gasteiger partial charge on any atom is 0.472 e. The van der Waals surface area contributed by atoms with Gasteiger partial charge in [0.05, 0.1) is 33.9 Å². The Morgan fingerprint density at radius 1 is 0.614 bits per heavy atom. The summed E-state index contributed by atoms with van der Waals surface area (Å²) in [4.78, 5) is 35.3. The summed E-state index contributed by atoms with van der Waals surface area (Å²) >= 11 is 0. The molecule has 0 aromatic rings. The van der Waals surface area contributed by atoms with Crippen molar-refractivity contribution in [2.75, 3.05) is 47.5 Å². The average Bonchev–Trinajstić information content (AvgIpc) is 3.14. The smallest absolute Gasteiger partial charge is 0.462 e. The lowest BCUT2D eigenvalue weighted by atomic mass is 10.1. The van der Waals surface area contributed by atoms with Crippen LogP contribution in [0.3, 0.4) is 0 Å². The van der Waals surface area contributed by atoms with Gasteiger partial charge in [-0.2, -0.15) is 0 Å². The van der Waals surface area contributed by atoms with Gasteiger partial charge in [-0.3, -0.25) is 18.6 Å². The lowest BCUT2D eigenvalue weighted by Gasteiger charge is -2.24. The molecular formula is C46H83NO9P+. The quantitative estimate of drug-likeness (QED) is 0.0205. The predicted molar refractivity (Wildman–Crippen MR) is 235 cm³/mol. The fourth-order valence-electron chi connectivity index (χ4n) is 5.55. The number of likely N-dealkylation sites (N-methyl/N-ethyl adjacent to an activating group) is 1. The van der Waals surface area contributed by atoms with E-state index in [2.05, 4.69) is 61.6 Å². The molecule has 0 amide bonds. The fourth-order valence-corrected chi connectivity index (χ4v) is 6.29. The molecule has 0 fully saturated rings. The van der Waals surface area contributed by atoms with E-state index in [0.717, 1.165) is 77.0 Å². The third-order valence-electron chi connectivity index (χ3n) is 9.04. The SMILES string of the molecule is CCCCCCCC/C=C\CCCCCCCC(=O)O[C@H](COC(=O)CCC/C=C\C/C=C\C/C=C\C/C=C\CCC[C@@H](C)O)COP(=O)(O)OCC[N+](C)(C)C. The molecule has 2 N–H and O–H groups in total. The van der Waals surface area contributed by atoms with Gasteiger partial charge in [0.2, 0.25) is 0 Å². The molecule has 0 bridgehead atoms. The van der Waals surface area contributed by atoms with E-state index in [1.165, 1.54) is 44.9 Å². The molecule has 10 nitrogen and oxygen atoms in total. The number of hydrogen-bond acceptors (Lipinski definition) is 8. The number of hydrogen-bond donors (Lipinski definition) is 2. The maximum atomic E-state index is 12.7. The number of ether oxygens (including phenoxy) is 2. The van der Waals surface area contributed by atoms with Crippen molar-refractivity contribution in [2.45, 2.75) is 174 Å². The molecule has 0 rings (SSSR count). The Balaban J connectivity index is 4.47. The molecule has 0 saturated carbocycles. The summed E-state index contributed by atoms with van der Waals surface area (Å²) in [6.07, 6.45) is 42.6. The first kappa shape index (κ1) is 54.7. The average molecular weight is 825 g/mol. The van der Waals surface area contributed by atoms with Crippen LogP contribution in [0.15, 0.2) is 60.8 Å². The van der Waals surface area contributed by atoms with E-state index < -0.39 is 32.5 Å². The number of allylic oxidation sites excluding steroid dienone is 10. The van der Waals surface area contributed by atoms with Crippen molar-refractivity contribution in [3.8, 4) is 0 Å². The zero-order chi connectivity index (χ0) is 42.3. The van der Waals surface area contributed by atoms with Crippen molar-refractivity contribution in [1.29, 1.82) is 0 Å². The second-order valence-corrected chi connectivity index (χ2v) is 17.5. The molecule has 3 atom stereocenters. The van der Waals surface area contributed by atoms with Crippen molar-refractivity contribution in [1.82, 2.24) is 0 Å². The number of carbonyl (C=O) groups is 2. The molecule has 330 valence electrons. The number of phosphoric acid groups is 1. The van der Waals surface area contributed by atoms with Gasteiger partial charge in [-0.1, -0.05) is 119 Å². The van der Waals surface area contributed by atoms with Crippen LogP contribution in [-0.4, -0.2) is 86.1 Å². The van der Waals surface area contributed by atoms with Gasteiger partial charge in [-0.05, 0) is 90.4 Å². The standard InChI is InChI=1S/C46H82NO9P/c1-6-7-8-9-10-11-12-13-15-20-23-26-29-32-35-38-46(50)56-44(42-55-57(51,52)54-40-39-47(3,4)5)41-53-45(49)37-34-31-28-25-22-19-17-14-16-18-21-24-27-30-33-36-43(2)48/h13,15-19,24-25,27-28,43-44,48H,6-12,14,20-23,26,29-42H2,1-5H3/p+1/b15-13-,18-16-,19-17-,27-24-,28-25-/t43-,44-/m1/s1. The fraction of sp³-hybridized carbons (Fsp3) is 0.739. The molecule has 0 saturated heterocycles. The van der Waals surface area contributed by atoms with E-state index in [4.69, 9.17) is 18.5 Å². The molecule has 11 heteroatoms. The first-order valence-electron chi connectivity index (χ1n) is 22.0. The molecule has 1 unspecified atom stereocenters. The number of carbonyl (C=O) groups excluding carboxylic acids is 2. The minimum atomic E-state index is -4.40. The van der Waals surface area contributed by atoms with E-state index >= 15 is 0 Å². The van der Waals surface area contributed by atoms with Gasteiger partial charge in [0, 0.05) is 12.8 Å². The van der Waals surface area contributed by atoms with Gasteiger partial charge in [0.1, 0.15) is 19.8 Å². The van der Waals surface area contributed by atoms with Gasteiger partial charge in [0.25, 0.3) is 0 Å². The van der Waals surface area contributed by atoms with Crippen molar-refractivity contribution in [3.05, 3.63) is 60.8 Å². The number of aliphatic hydroxyl groups excluding tert-OH is 1. The lowest BCUT2D eigenvalue weighted by Crippen LogP contribution is -2.37. The van der Waals surface area contributed by atoms with E-state index in [1.54, 1.807) is 0 Å².